The van der Waals surface area contributed by atoms with Crippen molar-refractivity contribution in [3.05, 3.63) is 88.0 Å². The first-order valence-electron chi connectivity index (χ1n) is 9.81. The SMILES string of the molecule is CC1=C(C(=O)Nc2cccc(F)c2)[C@H](c2ccc(C)cc2)C2=C(CCCC2=O)N1. The largest absolute Gasteiger partial charge is 0.362 e. The minimum absolute atomic E-state index is 0.0767. The standard InChI is InChI=1S/C24H23FN2O2/c1-14-9-11-16(12-10-14)22-21(24(29)27-18-6-3-5-17(25)13-18)15(2)26-19-7-4-8-20(28)23(19)22/h3,5-6,9-13,22,26H,4,7-8H2,1-2H3,(H,27,29)/t22-/m0/s1. The predicted molar refractivity (Wildman–Crippen MR) is 111 cm³/mol. The van der Waals surface area contributed by atoms with Crippen LogP contribution >= 0.6 is 0 Å². The van der Waals surface area contributed by atoms with E-state index in [1.807, 2.05) is 38.1 Å². The Morgan fingerprint density at radius 2 is 1.86 bits per heavy atom. The van der Waals surface area contributed by atoms with Crippen molar-refractivity contribution < 1.29 is 14.0 Å². The maximum Gasteiger partial charge on any atom is 0.254 e. The highest BCUT2D eigenvalue weighted by molar-refractivity contribution is 6.09. The normalized spacial score (nSPS) is 19.0. The Kier molecular flexibility index (Phi) is 5.05. The number of ketones is 1. The number of amides is 1. The molecule has 2 aliphatic rings. The van der Waals surface area contributed by atoms with Crippen LogP contribution in [0.1, 0.15) is 43.2 Å². The van der Waals surface area contributed by atoms with Crippen molar-refractivity contribution in [2.75, 3.05) is 5.32 Å². The lowest BCUT2D eigenvalue weighted by Crippen LogP contribution is -2.35. The lowest BCUT2D eigenvalue weighted by atomic mass is 9.75. The molecule has 0 aromatic heterocycles. The van der Waals surface area contributed by atoms with Gasteiger partial charge in [0, 0.05) is 40.6 Å². The molecule has 4 rings (SSSR count). The third-order valence-corrected chi connectivity index (χ3v) is 5.51. The van der Waals surface area contributed by atoms with Crippen LogP contribution in [0.3, 0.4) is 0 Å². The Morgan fingerprint density at radius 3 is 2.59 bits per heavy atom. The van der Waals surface area contributed by atoms with E-state index >= 15 is 0 Å². The number of allylic oxidation sites excluding steroid dienone is 3. The number of hydrogen-bond acceptors (Lipinski definition) is 3. The van der Waals surface area contributed by atoms with Crippen LogP contribution in [0.15, 0.2) is 71.1 Å². The molecule has 2 aromatic rings. The molecular weight excluding hydrogens is 367 g/mol. The van der Waals surface area contributed by atoms with Gasteiger partial charge in [0.25, 0.3) is 5.91 Å². The fourth-order valence-electron chi connectivity index (χ4n) is 4.14. The summed E-state index contributed by atoms with van der Waals surface area (Å²) in [4.78, 5) is 26.1. The van der Waals surface area contributed by atoms with E-state index in [1.54, 1.807) is 12.1 Å². The van der Waals surface area contributed by atoms with Gasteiger partial charge in [0.1, 0.15) is 5.82 Å². The Balaban J connectivity index is 1.78. The summed E-state index contributed by atoms with van der Waals surface area (Å²) < 4.78 is 13.6. The number of benzene rings is 2. The summed E-state index contributed by atoms with van der Waals surface area (Å²) in [6.45, 7) is 3.85. The molecule has 0 saturated carbocycles. The summed E-state index contributed by atoms with van der Waals surface area (Å²) in [6, 6.07) is 13.7. The number of dihydropyridines is 1. The second kappa shape index (κ2) is 7.66. The van der Waals surface area contributed by atoms with Crippen molar-refractivity contribution in [2.45, 2.75) is 39.0 Å². The molecule has 148 valence electrons. The van der Waals surface area contributed by atoms with E-state index in [1.165, 1.54) is 12.1 Å². The molecule has 4 nitrogen and oxygen atoms in total. The highest BCUT2D eigenvalue weighted by Gasteiger charge is 2.38. The number of anilines is 1. The minimum Gasteiger partial charge on any atom is -0.362 e. The molecule has 1 aliphatic heterocycles. The van der Waals surface area contributed by atoms with Gasteiger partial charge in [-0.15, -0.1) is 0 Å². The molecule has 0 unspecified atom stereocenters. The van der Waals surface area contributed by atoms with Gasteiger partial charge in [-0.25, -0.2) is 4.39 Å². The molecule has 5 heteroatoms. The predicted octanol–water partition coefficient (Wildman–Crippen LogP) is 4.74. The van der Waals surface area contributed by atoms with Crippen LogP contribution in [-0.4, -0.2) is 11.7 Å². The van der Waals surface area contributed by atoms with E-state index in [0.717, 1.165) is 35.4 Å². The van der Waals surface area contributed by atoms with Crippen molar-refractivity contribution in [1.82, 2.24) is 5.32 Å². The van der Waals surface area contributed by atoms with E-state index < -0.39 is 11.7 Å². The van der Waals surface area contributed by atoms with Gasteiger partial charge in [-0.1, -0.05) is 35.9 Å². The van der Waals surface area contributed by atoms with Crippen LogP contribution in [0.5, 0.6) is 0 Å². The van der Waals surface area contributed by atoms with E-state index in [4.69, 9.17) is 0 Å². The number of hydrogen-bond donors (Lipinski definition) is 2. The fourth-order valence-corrected chi connectivity index (χ4v) is 4.14. The highest BCUT2D eigenvalue weighted by atomic mass is 19.1. The molecule has 1 amide bonds. The van der Waals surface area contributed by atoms with Gasteiger partial charge < -0.3 is 10.6 Å². The third kappa shape index (κ3) is 3.73. The van der Waals surface area contributed by atoms with Gasteiger partial charge in [-0.2, -0.15) is 0 Å². The second-order valence-corrected chi connectivity index (χ2v) is 7.64. The van der Waals surface area contributed by atoms with Crippen molar-refractivity contribution >= 4 is 17.4 Å². The number of carbonyl (C=O) groups excluding carboxylic acids is 2. The number of aryl methyl sites for hydroxylation is 1. The smallest absolute Gasteiger partial charge is 0.254 e. The number of nitrogens with one attached hydrogen (secondary N) is 2. The third-order valence-electron chi connectivity index (χ3n) is 5.51. The number of carbonyl (C=O) groups is 2. The van der Waals surface area contributed by atoms with Crippen LogP contribution in [0.2, 0.25) is 0 Å². The summed E-state index contributed by atoms with van der Waals surface area (Å²) >= 11 is 0. The monoisotopic (exact) mass is 390 g/mol. The molecule has 2 N–H and O–H groups in total. The van der Waals surface area contributed by atoms with Gasteiger partial charge in [0.15, 0.2) is 5.78 Å². The van der Waals surface area contributed by atoms with Crippen LogP contribution in [0.25, 0.3) is 0 Å². The Morgan fingerprint density at radius 1 is 1.10 bits per heavy atom. The molecule has 0 radical (unpaired) electrons. The molecule has 1 atom stereocenters. The lowest BCUT2D eigenvalue weighted by Gasteiger charge is -2.34. The number of rotatable bonds is 3. The maximum atomic E-state index is 13.6. The average molecular weight is 390 g/mol. The van der Waals surface area contributed by atoms with Gasteiger partial charge >= 0.3 is 0 Å². The van der Waals surface area contributed by atoms with Gasteiger partial charge in [-0.05, 0) is 50.5 Å². The average Bonchev–Trinajstić information content (AvgIpc) is 2.67. The van der Waals surface area contributed by atoms with E-state index in [9.17, 15) is 14.0 Å². The summed E-state index contributed by atoms with van der Waals surface area (Å²) in [5.41, 5.74) is 5.20. The van der Waals surface area contributed by atoms with Crippen molar-refractivity contribution in [1.29, 1.82) is 0 Å². The summed E-state index contributed by atoms with van der Waals surface area (Å²) in [7, 11) is 0. The maximum absolute atomic E-state index is 13.6. The zero-order valence-corrected chi connectivity index (χ0v) is 16.5. The van der Waals surface area contributed by atoms with E-state index in [-0.39, 0.29) is 11.7 Å². The quantitative estimate of drug-likeness (QED) is 0.796. The Bertz CT molecular complexity index is 1050. The van der Waals surface area contributed by atoms with Crippen LogP contribution in [0.4, 0.5) is 10.1 Å². The van der Waals surface area contributed by atoms with Crippen LogP contribution in [-0.2, 0) is 9.59 Å². The Labute approximate surface area is 169 Å². The summed E-state index contributed by atoms with van der Waals surface area (Å²) in [5.74, 6) is -1.12. The fraction of sp³-hybridized carbons (Fsp3) is 0.250. The van der Waals surface area contributed by atoms with Crippen LogP contribution in [0, 0.1) is 12.7 Å². The Hall–Kier alpha value is -3.21. The van der Waals surface area contributed by atoms with Gasteiger partial charge in [-0.3, -0.25) is 9.59 Å². The second-order valence-electron chi connectivity index (χ2n) is 7.64. The zero-order chi connectivity index (χ0) is 20.5. The first kappa shape index (κ1) is 19.1. The van der Waals surface area contributed by atoms with E-state index in [2.05, 4.69) is 10.6 Å². The highest BCUT2D eigenvalue weighted by Crippen LogP contribution is 2.42. The van der Waals surface area contributed by atoms with Gasteiger partial charge in [0.05, 0.1) is 0 Å². The molecule has 0 bridgehead atoms. The molecule has 2 aromatic carbocycles. The summed E-state index contributed by atoms with van der Waals surface area (Å²) in [5, 5.41) is 6.09. The lowest BCUT2D eigenvalue weighted by molar-refractivity contribution is -0.116. The molecule has 0 spiro atoms. The van der Waals surface area contributed by atoms with Crippen molar-refractivity contribution in [2.24, 2.45) is 0 Å². The van der Waals surface area contributed by atoms with Gasteiger partial charge in [0.2, 0.25) is 0 Å². The number of Topliss-reactive ketones (excluding diaryl/α,β-unsaturated/α-hetero) is 1. The van der Waals surface area contributed by atoms with Crippen molar-refractivity contribution in [3.63, 3.8) is 0 Å². The summed E-state index contributed by atoms with van der Waals surface area (Å²) in [6.07, 6.45) is 2.09. The zero-order valence-electron chi connectivity index (χ0n) is 16.5. The molecule has 1 heterocycles. The molecule has 0 saturated heterocycles. The minimum atomic E-state index is -0.437. The van der Waals surface area contributed by atoms with Crippen LogP contribution < -0.4 is 10.6 Å². The topological polar surface area (TPSA) is 58.2 Å². The molecule has 1 aliphatic carbocycles. The molecular formula is C24H23FN2O2. The molecule has 29 heavy (non-hydrogen) atoms. The van der Waals surface area contributed by atoms with E-state index in [0.29, 0.717) is 23.3 Å². The number of halogens is 1. The molecule has 0 fully saturated rings. The van der Waals surface area contributed by atoms with Crippen molar-refractivity contribution in [3.8, 4) is 0 Å². The first-order valence-corrected chi connectivity index (χ1v) is 9.81. The first-order chi connectivity index (χ1) is 13.9.